The molecular weight excluding hydrogens is 270 g/mol. The first kappa shape index (κ1) is 14.7. The van der Waals surface area contributed by atoms with Crippen LogP contribution in [0.1, 0.15) is 16.7 Å². The van der Waals surface area contributed by atoms with E-state index in [1.54, 1.807) is 6.07 Å². The summed E-state index contributed by atoms with van der Waals surface area (Å²) < 4.78 is 6.00. The highest BCUT2D eigenvalue weighted by Gasteiger charge is 2.10. The van der Waals surface area contributed by atoms with E-state index < -0.39 is 0 Å². The van der Waals surface area contributed by atoms with Gasteiger partial charge in [0, 0.05) is 13.1 Å². The summed E-state index contributed by atoms with van der Waals surface area (Å²) in [5, 5.41) is 3.71. The van der Waals surface area contributed by atoms with E-state index >= 15 is 0 Å². The van der Waals surface area contributed by atoms with Gasteiger partial charge in [-0.2, -0.15) is 4.98 Å². The maximum atomic E-state index is 6.00. The molecule has 0 radical (unpaired) electrons. The van der Waals surface area contributed by atoms with Crippen LogP contribution in [-0.2, 0) is 0 Å². The van der Waals surface area contributed by atoms with Crippen molar-refractivity contribution in [2.24, 2.45) is 0 Å². The Morgan fingerprint density at radius 2 is 1.80 bits per heavy atom. The lowest BCUT2D eigenvalue weighted by molar-refractivity contribution is 0.449. The minimum absolute atomic E-state index is 0.561. The minimum atomic E-state index is 0.561. The van der Waals surface area contributed by atoms with E-state index in [9.17, 15) is 0 Å². The summed E-state index contributed by atoms with van der Waals surface area (Å²) in [6.45, 7) is 6.18. The second-order valence-corrected chi connectivity index (χ2v) is 5.36. The number of benzene rings is 1. The Balaban J connectivity index is 2.42. The van der Waals surface area contributed by atoms with Crippen molar-refractivity contribution in [3.05, 3.63) is 34.9 Å². The highest BCUT2D eigenvalue weighted by atomic mass is 32.2. The maximum absolute atomic E-state index is 6.00. The number of nitrogens with one attached hydrogen (secondary N) is 1. The maximum Gasteiger partial charge on any atom is 0.225 e. The van der Waals surface area contributed by atoms with Crippen LogP contribution >= 0.6 is 11.8 Å². The van der Waals surface area contributed by atoms with Crippen LogP contribution < -0.4 is 10.1 Å². The molecule has 0 saturated heterocycles. The molecule has 2 rings (SSSR count). The van der Waals surface area contributed by atoms with Crippen molar-refractivity contribution in [2.45, 2.75) is 25.9 Å². The number of aryl methyl sites for hydroxylation is 2. The normalized spacial score (nSPS) is 10.4. The molecule has 0 spiro atoms. The van der Waals surface area contributed by atoms with E-state index in [0.29, 0.717) is 11.0 Å². The van der Waals surface area contributed by atoms with Crippen molar-refractivity contribution in [1.82, 2.24) is 9.97 Å². The third-order valence-electron chi connectivity index (χ3n) is 3.20. The van der Waals surface area contributed by atoms with Crippen LogP contribution in [-0.4, -0.2) is 23.3 Å². The SMILES string of the molecule is CNc1cc(Oc2c(C)ccc(C)c2C)nc(SC)n1. The third kappa shape index (κ3) is 3.04. The highest BCUT2D eigenvalue weighted by molar-refractivity contribution is 7.98. The number of nitrogens with zero attached hydrogens (tertiary/aromatic N) is 2. The van der Waals surface area contributed by atoms with Crippen molar-refractivity contribution in [3.8, 4) is 11.6 Å². The van der Waals surface area contributed by atoms with Crippen molar-refractivity contribution >= 4 is 17.6 Å². The molecule has 4 nitrogen and oxygen atoms in total. The highest BCUT2D eigenvalue weighted by Crippen LogP contribution is 2.31. The quantitative estimate of drug-likeness (QED) is 0.682. The smallest absolute Gasteiger partial charge is 0.225 e. The molecule has 20 heavy (non-hydrogen) atoms. The lowest BCUT2D eigenvalue weighted by Crippen LogP contribution is -2.00. The van der Waals surface area contributed by atoms with Gasteiger partial charge >= 0.3 is 0 Å². The van der Waals surface area contributed by atoms with Crippen LogP contribution in [0, 0.1) is 20.8 Å². The zero-order chi connectivity index (χ0) is 14.7. The first-order valence-corrected chi connectivity index (χ1v) is 7.63. The van der Waals surface area contributed by atoms with E-state index in [0.717, 1.165) is 22.7 Å². The average Bonchev–Trinajstić information content (AvgIpc) is 2.47. The zero-order valence-corrected chi connectivity index (χ0v) is 13.3. The molecule has 0 fully saturated rings. The van der Waals surface area contributed by atoms with Crippen molar-refractivity contribution in [3.63, 3.8) is 0 Å². The van der Waals surface area contributed by atoms with E-state index in [1.807, 2.05) is 20.2 Å². The molecule has 0 aliphatic rings. The summed E-state index contributed by atoms with van der Waals surface area (Å²) in [7, 11) is 1.83. The van der Waals surface area contributed by atoms with Gasteiger partial charge in [-0.05, 0) is 43.7 Å². The van der Waals surface area contributed by atoms with Crippen LogP contribution in [0.2, 0.25) is 0 Å². The zero-order valence-electron chi connectivity index (χ0n) is 12.4. The molecule has 5 heteroatoms. The number of rotatable bonds is 4. The first-order valence-electron chi connectivity index (χ1n) is 6.40. The summed E-state index contributed by atoms with van der Waals surface area (Å²) in [6.07, 6.45) is 1.95. The van der Waals surface area contributed by atoms with Gasteiger partial charge in [0.1, 0.15) is 11.6 Å². The van der Waals surface area contributed by atoms with Gasteiger partial charge in [-0.3, -0.25) is 0 Å². The molecule has 0 aliphatic heterocycles. The van der Waals surface area contributed by atoms with Crippen LogP contribution in [0.25, 0.3) is 0 Å². The van der Waals surface area contributed by atoms with Crippen molar-refractivity contribution in [1.29, 1.82) is 0 Å². The second-order valence-electron chi connectivity index (χ2n) is 4.58. The van der Waals surface area contributed by atoms with Crippen LogP contribution in [0.3, 0.4) is 0 Å². The van der Waals surface area contributed by atoms with Gasteiger partial charge in [-0.15, -0.1) is 0 Å². The number of anilines is 1. The summed E-state index contributed by atoms with van der Waals surface area (Å²) in [5.41, 5.74) is 3.45. The molecule has 1 aromatic carbocycles. The number of hydrogen-bond acceptors (Lipinski definition) is 5. The van der Waals surface area contributed by atoms with Gasteiger partial charge < -0.3 is 10.1 Å². The molecule has 0 unspecified atom stereocenters. The van der Waals surface area contributed by atoms with E-state index in [4.69, 9.17) is 4.74 Å². The number of aromatic nitrogens is 2. The molecule has 1 heterocycles. The van der Waals surface area contributed by atoms with Crippen LogP contribution in [0.4, 0.5) is 5.82 Å². The van der Waals surface area contributed by atoms with Gasteiger partial charge in [-0.25, -0.2) is 4.98 Å². The summed E-state index contributed by atoms with van der Waals surface area (Å²) in [5.74, 6) is 2.19. The summed E-state index contributed by atoms with van der Waals surface area (Å²) in [6, 6.07) is 5.97. The Bertz CT molecular complexity index is 607. The minimum Gasteiger partial charge on any atom is -0.438 e. The van der Waals surface area contributed by atoms with Gasteiger partial charge in [-0.1, -0.05) is 23.9 Å². The molecule has 106 valence electrons. The van der Waals surface area contributed by atoms with Gasteiger partial charge in [0.25, 0.3) is 0 Å². The number of ether oxygens (including phenoxy) is 1. The topological polar surface area (TPSA) is 47.0 Å². The predicted octanol–water partition coefficient (Wildman–Crippen LogP) is 3.96. The largest absolute Gasteiger partial charge is 0.438 e. The van der Waals surface area contributed by atoms with Crippen molar-refractivity contribution < 1.29 is 4.74 Å². The predicted molar refractivity (Wildman–Crippen MR) is 84.1 cm³/mol. The third-order valence-corrected chi connectivity index (χ3v) is 3.75. The van der Waals surface area contributed by atoms with E-state index in [1.165, 1.54) is 17.3 Å². The molecular formula is C15H19N3OS. The van der Waals surface area contributed by atoms with Crippen LogP contribution in [0.15, 0.2) is 23.4 Å². The summed E-state index contributed by atoms with van der Waals surface area (Å²) >= 11 is 1.49. The molecule has 0 bridgehead atoms. The standard InChI is InChI=1S/C15H19N3OS/c1-9-6-7-10(2)14(11(9)3)19-13-8-12(16-4)17-15(18-13)20-5/h6-8H,1-5H3,(H,16,17,18). The van der Waals surface area contributed by atoms with Gasteiger partial charge in [0.05, 0.1) is 0 Å². The first-order chi connectivity index (χ1) is 9.55. The fraction of sp³-hybridized carbons (Fsp3) is 0.333. The fourth-order valence-corrected chi connectivity index (χ4v) is 2.23. The second kappa shape index (κ2) is 6.13. The van der Waals surface area contributed by atoms with Crippen LogP contribution in [0.5, 0.6) is 11.6 Å². The van der Waals surface area contributed by atoms with Crippen molar-refractivity contribution in [2.75, 3.05) is 18.6 Å². The molecule has 2 aromatic rings. The lowest BCUT2D eigenvalue weighted by Gasteiger charge is -2.14. The number of hydrogen-bond donors (Lipinski definition) is 1. The van der Waals surface area contributed by atoms with E-state index in [-0.39, 0.29) is 0 Å². The number of thioether (sulfide) groups is 1. The summed E-state index contributed by atoms with van der Waals surface area (Å²) in [4.78, 5) is 8.73. The molecule has 0 saturated carbocycles. The molecule has 1 aromatic heterocycles. The molecule has 0 aliphatic carbocycles. The lowest BCUT2D eigenvalue weighted by atomic mass is 10.1. The fourth-order valence-electron chi connectivity index (χ4n) is 1.86. The van der Waals surface area contributed by atoms with Gasteiger partial charge in [0.15, 0.2) is 5.16 Å². The Kier molecular flexibility index (Phi) is 4.49. The van der Waals surface area contributed by atoms with E-state index in [2.05, 4.69) is 41.3 Å². The average molecular weight is 289 g/mol. The molecule has 1 N–H and O–H groups in total. The molecule has 0 atom stereocenters. The Morgan fingerprint density at radius 3 is 2.45 bits per heavy atom. The molecule has 0 amide bonds. The van der Waals surface area contributed by atoms with Gasteiger partial charge in [0.2, 0.25) is 5.88 Å². The Labute approximate surface area is 124 Å². The Morgan fingerprint density at radius 1 is 1.10 bits per heavy atom. The monoisotopic (exact) mass is 289 g/mol. The Hall–Kier alpha value is -1.75.